The molecule has 0 aliphatic carbocycles. The van der Waals surface area contributed by atoms with Crippen molar-refractivity contribution in [2.45, 2.75) is 6.92 Å². The molecule has 1 amide bonds. The van der Waals surface area contributed by atoms with E-state index in [1.165, 1.54) is 0 Å². The second kappa shape index (κ2) is 4.73. The summed E-state index contributed by atoms with van der Waals surface area (Å²) in [5.41, 5.74) is 2.77. The Bertz CT molecular complexity index is 761. The number of likely N-dealkylation sites (N-methyl/N-ethyl adjacent to an activating group) is 1. The molecule has 6 heteroatoms. The number of phenols is 1. The minimum atomic E-state index is -0.107. The van der Waals surface area contributed by atoms with Gasteiger partial charge in [-0.2, -0.15) is 5.10 Å². The molecule has 0 spiro atoms. The molecule has 0 bridgehead atoms. The number of nitrogens with zero attached hydrogens (tertiary/aromatic N) is 4. The molecule has 0 saturated heterocycles. The van der Waals surface area contributed by atoms with E-state index < -0.39 is 0 Å². The summed E-state index contributed by atoms with van der Waals surface area (Å²) in [4.78, 5) is 18.1. The molecule has 0 unspecified atom stereocenters. The molecule has 0 atom stereocenters. The van der Waals surface area contributed by atoms with Crippen molar-refractivity contribution in [3.05, 3.63) is 41.1 Å². The van der Waals surface area contributed by atoms with Gasteiger partial charge in [0.15, 0.2) is 0 Å². The molecule has 1 N–H and O–H groups in total. The van der Waals surface area contributed by atoms with Gasteiger partial charge in [0.25, 0.3) is 0 Å². The molecular weight excluding hydrogens is 268 g/mol. The Morgan fingerprint density at radius 3 is 2.67 bits per heavy atom. The van der Waals surface area contributed by atoms with E-state index in [0.717, 1.165) is 11.3 Å². The Morgan fingerprint density at radius 1 is 1.24 bits per heavy atom. The highest BCUT2D eigenvalue weighted by molar-refractivity contribution is 6.20. The zero-order valence-corrected chi connectivity index (χ0v) is 12.2. The van der Waals surface area contributed by atoms with Gasteiger partial charge in [-0.1, -0.05) is 12.1 Å². The SMILES string of the molecule is Cc1nn(C)c2c1C(c1ccccc1O)=NCC(=O)N2C. The molecule has 1 aromatic carbocycles. The number of fused-ring (bicyclic) bond motifs is 1. The number of aliphatic imine (C=N–C) groups is 1. The van der Waals surface area contributed by atoms with Gasteiger partial charge < -0.3 is 5.11 Å². The molecule has 1 aromatic heterocycles. The number of hydrogen-bond donors (Lipinski definition) is 1. The molecule has 0 saturated carbocycles. The Hall–Kier alpha value is -2.63. The van der Waals surface area contributed by atoms with E-state index in [2.05, 4.69) is 10.1 Å². The lowest BCUT2D eigenvalue weighted by molar-refractivity contribution is -0.117. The Labute approximate surface area is 122 Å². The summed E-state index contributed by atoms with van der Waals surface area (Å²) in [7, 11) is 3.51. The molecule has 21 heavy (non-hydrogen) atoms. The molecule has 2 aromatic rings. The maximum atomic E-state index is 12.1. The van der Waals surface area contributed by atoms with Gasteiger partial charge in [-0.3, -0.25) is 19.4 Å². The van der Waals surface area contributed by atoms with Crippen LogP contribution >= 0.6 is 0 Å². The van der Waals surface area contributed by atoms with E-state index in [1.807, 2.05) is 13.0 Å². The van der Waals surface area contributed by atoms with Crippen molar-refractivity contribution in [1.29, 1.82) is 0 Å². The average molecular weight is 284 g/mol. The van der Waals surface area contributed by atoms with Gasteiger partial charge in [-0.25, -0.2) is 0 Å². The minimum Gasteiger partial charge on any atom is -0.507 e. The topological polar surface area (TPSA) is 70.7 Å². The summed E-state index contributed by atoms with van der Waals surface area (Å²) >= 11 is 0. The van der Waals surface area contributed by atoms with Crippen LogP contribution in [0.15, 0.2) is 29.3 Å². The molecule has 108 valence electrons. The second-order valence-electron chi connectivity index (χ2n) is 5.04. The smallest absolute Gasteiger partial charge is 0.249 e. The van der Waals surface area contributed by atoms with E-state index in [9.17, 15) is 9.90 Å². The number of hydrogen-bond acceptors (Lipinski definition) is 4. The lowest BCUT2D eigenvalue weighted by Crippen LogP contribution is -2.29. The highest BCUT2D eigenvalue weighted by Crippen LogP contribution is 2.30. The van der Waals surface area contributed by atoms with Crippen molar-refractivity contribution >= 4 is 17.4 Å². The standard InChI is InChI=1S/C15H16N4O2/c1-9-13-14(10-6-4-5-7-11(10)20)16-8-12(21)18(2)15(13)19(3)17-9/h4-7,20H,8H2,1-3H3. The van der Waals surface area contributed by atoms with E-state index in [1.54, 1.807) is 41.9 Å². The zero-order chi connectivity index (χ0) is 15.1. The molecule has 2 heterocycles. The molecule has 0 radical (unpaired) electrons. The predicted octanol–water partition coefficient (Wildman–Crippen LogP) is 1.25. The van der Waals surface area contributed by atoms with E-state index >= 15 is 0 Å². The van der Waals surface area contributed by atoms with Gasteiger partial charge in [-0.15, -0.1) is 0 Å². The maximum Gasteiger partial charge on any atom is 0.249 e. The molecule has 0 fully saturated rings. The van der Waals surface area contributed by atoms with Crippen LogP contribution in [0.2, 0.25) is 0 Å². The molecular formula is C15H16N4O2. The lowest BCUT2D eigenvalue weighted by atomic mass is 10.0. The quantitative estimate of drug-likeness (QED) is 0.856. The summed E-state index contributed by atoms with van der Waals surface area (Å²) in [5, 5.41) is 14.5. The third-order valence-electron chi connectivity index (χ3n) is 3.65. The summed E-state index contributed by atoms with van der Waals surface area (Å²) in [6.07, 6.45) is 0. The van der Waals surface area contributed by atoms with E-state index in [0.29, 0.717) is 17.1 Å². The van der Waals surface area contributed by atoms with Crippen molar-refractivity contribution in [3.63, 3.8) is 0 Å². The number of phenolic OH excluding ortho intramolecular Hbond substituents is 1. The van der Waals surface area contributed by atoms with Crippen LogP contribution in [0.4, 0.5) is 5.82 Å². The average Bonchev–Trinajstić information content (AvgIpc) is 2.66. The fraction of sp³-hybridized carbons (Fsp3) is 0.267. The van der Waals surface area contributed by atoms with Crippen molar-refractivity contribution < 1.29 is 9.90 Å². The first-order valence-corrected chi connectivity index (χ1v) is 6.64. The van der Waals surface area contributed by atoms with Crippen LogP contribution in [0, 0.1) is 6.92 Å². The number of amides is 1. The largest absolute Gasteiger partial charge is 0.507 e. The monoisotopic (exact) mass is 284 g/mol. The van der Waals surface area contributed by atoms with Gasteiger partial charge in [0.2, 0.25) is 5.91 Å². The highest BCUT2D eigenvalue weighted by Gasteiger charge is 2.29. The summed E-state index contributed by atoms with van der Waals surface area (Å²) < 4.78 is 1.67. The number of anilines is 1. The molecule has 1 aliphatic rings. The van der Waals surface area contributed by atoms with Gasteiger partial charge in [-0.05, 0) is 19.1 Å². The first-order valence-electron chi connectivity index (χ1n) is 6.64. The fourth-order valence-corrected chi connectivity index (χ4v) is 2.65. The third kappa shape index (κ3) is 1.99. The van der Waals surface area contributed by atoms with E-state index in [4.69, 9.17) is 0 Å². The van der Waals surface area contributed by atoms with Crippen molar-refractivity contribution in [1.82, 2.24) is 9.78 Å². The number of rotatable bonds is 1. The van der Waals surface area contributed by atoms with Gasteiger partial charge in [0.1, 0.15) is 18.1 Å². The summed E-state index contributed by atoms with van der Waals surface area (Å²) in [6.45, 7) is 1.92. The Balaban J connectivity index is 2.30. The summed E-state index contributed by atoms with van der Waals surface area (Å²) in [5.74, 6) is 0.726. The van der Waals surface area contributed by atoms with Gasteiger partial charge >= 0.3 is 0 Å². The van der Waals surface area contributed by atoms with Crippen LogP contribution in [0.5, 0.6) is 5.75 Å². The van der Waals surface area contributed by atoms with Crippen molar-refractivity contribution in [2.75, 3.05) is 18.5 Å². The second-order valence-corrected chi connectivity index (χ2v) is 5.04. The van der Waals surface area contributed by atoms with Crippen LogP contribution < -0.4 is 4.90 Å². The molecule has 1 aliphatic heterocycles. The van der Waals surface area contributed by atoms with Crippen LogP contribution in [0.1, 0.15) is 16.8 Å². The number of carbonyl (C=O) groups excluding carboxylic acids is 1. The summed E-state index contributed by atoms with van der Waals surface area (Å²) in [6, 6.07) is 6.99. The van der Waals surface area contributed by atoms with E-state index in [-0.39, 0.29) is 18.2 Å². The van der Waals surface area contributed by atoms with Crippen molar-refractivity contribution in [3.8, 4) is 5.75 Å². The highest BCUT2D eigenvalue weighted by atomic mass is 16.3. The van der Waals surface area contributed by atoms with Crippen LogP contribution in [-0.4, -0.2) is 40.1 Å². The first kappa shape index (κ1) is 13.4. The normalized spacial score (nSPS) is 14.7. The number of carbonyl (C=O) groups is 1. The number of aryl methyl sites for hydroxylation is 2. The fourth-order valence-electron chi connectivity index (χ4n) is 2.65. The number of benzene rings is 1. The molecule has 3 rings (SSSR count). The first-order chi connectivity index (χ1) is 10.0. The Kier molecular flexibility index (Phi) is 3.01. The van der Waals surface area contributed by atoms with Crippen LogP contribution in [0.25, 0.3) is 0 Å². The zero-order valence-electron chi connectivity index (χ0n) is 12.2. The molecule has 6 nitrogen and oxygen atoms in total. The Morgan fingerprint density at radius 2 is 1.95 bits per heavy atom. The van der Waals surface area contributed by atoms with Gasteiger partial charge in [0.05, 0.1) is 17.0 Å². The predicted molar refractivity (Wildman–Crippen MR) is 80.0 cm³/mol. The minimum absolute atomic E-state index is 0.0499. The van der Waals surface area contributed by atoms with Crippen molar-refractivity contribution in [2.24, 2.45) is 12.0 Å². The van der Waals surface area contributed by atoms with Crippen LogP contribution in [-0.2, 0) is 11.8 Å². The number of aromatic nitrogens is 2. The third-order valence-corrected chi connectivity index (χ3v) is 3.65. The van der Waals surface area contributed by atoms with Gasteiger partial charge in [0, 0.05) is 19.7 Å². The lowest BCUT2D eigenvalue weighted by Gasteiger charge is -2.16. The number of aromatic hydroxyl groups is 1. The maximum absolute atomic E-state index is 12.1. The van der Waals surface area contributed by atoms with Crippen LogP contribution in [0.3, 0.4) is 0 Å². The number of para-hydroxylation sites is 1.